The van der Waals surface area contributed by atoms with E-state index >= 15 is 0 Å². The van der Waals surface area contributed by atoms with Crippen LogP contribution in [0.15, 0.2) is 0 Å². The summed E-state index contributed by atoms with van der Waals surface area (Å²) in [4.78, 5) is 21.7. The van der Waals surface area contributed by atoms with Gasteiger partial charge in [-0.25, -0.2) is 0 Å². The van der Waals surface area contributed by atoms with E-state index in [1.54, 1.807) is 0 Å². The molecule has 0 aromatic rings. The Balaban J connectivity index is 4.01. The summed E-state index contributed by atoms with van der Waals surface area (Å²) in [5.41, 5.74) is 5.56. The van der Waals surface area contributed by atoms with Crippen LogP contribution in [0, 0.1) is 5.92 Å². The Labute approximate surface area is 83.7 Å². The standard InChI is InChI=1S/C9H18N2O3/c1-5(2)4-7(10)8(12)11-6(3)9(13)14/h5-7H,4,10H2,1-3H3,(H,11,12)(H,13,14)/t6?,7-/m0/s1. The summed E-state index contributed by atoms with van der Waals surface area (Å²) in [6.45, 7) is 5.31. The number of hydrogen-bond acceptors (Lipinski definition) is 3. The minimum atomic E-state index is -1.06. The van der Waals surface area contributed by atoms with Crippen LogP contribution in [0.2, 0.25) is 0 Å². The van der Waals surface area contributed by atoms with Gasteiger partial charge in [0.1, 0.15) is 6.04 Å². The molecule has 1 amide bonds. The van der Waals surface area contributed by atoms with Crippen LogP contribution in [0.3, 0.4) is 0 Å². The third-order valence-corrected chi connectivity index (χ3v) is 1.79. The summed E-state index contributed by atoms with van der Waals surface area (Å²) < 4.78 is 0. The predicted molar refractivity (Wildman–Crippen MR) is 52.7 cm³/mol. The molecule has 0 fully saturated rings. The Morgan fingerprint density at radius 3 is 2.21 bits per heavy atom. The van der Waals surface area contributed by atoms with Crippen LogP contribution in [0.5, 0.6) is 0 Å². The molecule has 0 radical (unpaired) electrons. The van der Waals surface area contributed by atoms with Crippen molar-refractivity contribution in [2.45, 2.75) is 39.3 Å². The van der Waals surface area contributed by atoms with E-state index < -0.39 is 24.0 Å². The number of nitrogens with two attached hydrogens (primary N) is 1. The normalized spacial score (nSPS) is 14.9. The number of carbonyl (C=O) groups excluding carboxylic acids is 1. The van der Waals surface area contributed by atoms with Gasteiger partial charge in [-0.3, -0.25) is 9.59 Å². The number of carbonyl (C=O) groups is 2. The van der Waals surface area contributed by atoms with E-state index in [4.69, 9.17) is 10.8 Å². The fraction of sp³-hybridized carbons (Fsp3) is 0.778. The quantitative estimate of drug-likeness (QED) is 0.582. The van der Waals surface area contributed by atoms with Crippen LogP contribution in [0.4, 0.5) is 0 Å². The van der Waals surface area contributed by atoms with Crippen molar-refractivity contribution in [3.63, 3.8) is 0 Å². The molecule has 0 aromatic heterocycles. The highest BCUT2D eigenvalue weighted by molar-refractivity contribution is 5.86. The Morgan fingerprint density at radius 1 is 1.36 bits per heavy atom. The van der Waals surface area contributed by atoms with Gasteiger partial charge in [0.05, 0.1) is 6.04 Å². The first-order valence-corrected chi connectivity index (χ1v) is 4.63. The number of aliphatic carboxylic acids is 1. The zero-order valence-corrected chi connectivity index (χ0v) is 8.78. The molecule has 0 saturated carbocycles. The molecule has 0 aliphatic rings. The van der Waals surface area contributed by atoms with Crippen molar-refractivity contribution in [2.24, 2.45) is 11.7 Å². The molecule has 5 nitrogen and oxygen atoms in total. The Morgan fingerprint density at radius 2 is 1.86 bits per heavy atom. The van der Waals surface area contributed by atoms with Crippen molar-refractivity contribution < 1.29 is 14.7 Å². The molecule has 0 aliphatic heterocycles. The molecule has 2 atom stereocenters. The van der Waals surface area contributed by atoms with E-state index in [1.807, 2.05) is 13.8 Å². The first-order chi connectivity index (χ1) is 6.34. The maximum Gasteiger partial charge on any atom is 0.325 e. The minimum absolute atomic E-state index is 0.316. The number of carboxylic acid groups (broad SMARTS) is 1. The van der Waals surface area contributed by atoms with Gasteiger partial charge >= 0.3 is 5.97 Å². The average Bonchev–Trinajstić information content (AvgIpc) is 2.02. The van der Waals surface area contributed by atoms with E-state index in [-0.39, 0.29) is 0 Å². The fourth-order valence-electron chi connectivity index (χ4n) is 0.997. The van der Waals surface area contributed by atoms with Crippen LogP contribution >= 0.6 is 0 Å². The molecule has 4 N–H and O–H groups in total. The van der Waals surface area contributed by atoms with Gasteiger partial charge < -0.3 is 16.2 Å². The molecule has 14 heavy (non-hydrogen) atoms. The van der Waals surface area contributed by atoms with E-state index in [0.717, 1.165) is 0 Å². The van der Waals surface area contributed by atoms with Crippen molar-refractivity contribution in [2.75, 3.05) is 0 Å². The van der Waals surface area contributed by atoms with Gasteiger partial charge in [-0.15, -0.1) is 0 Å². The van der Waals surface area contributed by atoms with Gasteiger partial charge in [0.25, 0.3) is 0 Å². The van der Waals surface area contributed by atoms with Crippen LogP contribution in [-0.2, 0) is 9.59 Å². The highest BCUT2D eigenvalue weighted by atomic mass is 16.4. The molecule has 0 rings (SSSR count). The van der Waals surface area contributed by atoms with Crippen LogP contribution in [-0.4, -0.2) is 29.1 Å². The molecule has 1 unspecified atom stereocenters. The third-order valence-electron chi connectivity index (χ3n) is 1.79. The van der Waals surface area contributed by atoms with Gasteiger partial charge in [0.15, 0.2) is 0 Å². The lowest BCUT2D eigenvalue weighted by Crippen LogP contribution is -2.47. The topological polar surface area (TPSA) is 92.4 Å². The van der Waals surface area contributed by atoms with E-state index in [2.05, 4.69) is 5.32 Å². The molecule has 0 heterocycles. The van der Waals surface area contributed by atoms with Crippen LogP contribution in [0.25, 0.3) is 0 Å². The Bertz CT molecular complexity index is 216. The molecule has 0 bridgehead atoms. The first kappa shape index (κ1) is 12.9. The summed E-state index contributed by atoms with van der Waals surface area (Å²) in [6.07, 6.45) is 0.554. The summed E-state index contributed by atoms with van der Waals surface area (Å²) >= 11 is 0. The average molecular weight is 202 g/mol. The molecule has 5 heteroatoms. The second-order valence-corrected chi connectivity index (χ2v) is 3.80. The van der Waals surface area contributed by atoms with Crippen LogP contribution < -0.4 is 11.1 Å². The second kappa shape index (κ2) is 5.59. The van der Waals surface area contributed by atoms with E-state index in [1.165, 1.54) is 6.92 Å². The SMILES string of the molecule is CC(C)C[C@H](N)C(=O)NC(C)C(=O)O. The van der Waals surface area contributed by atoms with E-state index in [9.17, 15) is 9.59 Å². The number of amides is 1. The third kappa shape index (κ3) is 4.81. The maximum atomic E-state index is 11.3. The summed E-state index contributed by atoms with van der Waals surface area (Å²) in [7, 11) is 0. The highest BCUT2D eigenvalue weighted by Gasteiger charge is 2.19. The molecule has 0 aliphatic carbocycles. The lowest BCUT2D eigenvalue weighted by atomic mass is 10.0. The number of carboxylic acids is 1. The second-order valence-electron chi connectivity index (χ2n) is 3.80. The fourth-order valence-corrected chi connectivity index (χ4v) is 0.997. The van der Waals surface area contributed by atoms with Gasteiger partial charge in [0, 0.05) is 0 Å². The number of nitrogens with one attached hydrogen (secondary N) is 1. The predicted octanol–water partition coefficient (Wildman–Crippen LogP) is -0.0509. The lowest BCUT2D eigenvalue weighted by Gasteiger charge is -2.16. The smallest absolute Gasteiger partial charge is 0.325 e. The Hall–Kier alpha value is -1.10. The molecular weight excluding hydrogens is 184 g/mol. The van der Waals surface area contributed by atoms with Crippen molar-refractivity contribution in [1.29, 1.82) is 0 Å². The molecule has 0 aromatic carbocycles. The molecular formula is C9H18N2O3. The maximum absolute atomic E-state index is 11.3. The summed E-state index contributed by atoms with van der Waals surface area (Å²) in [5, 5.41) is 10.9. The van der Waals surface area contributed by atoms with Crippen molar-refractivity contribution in [3.8, 4) is 0 Å². The Kier molecular flexibility index (Phi) is 5.15. The molecule has 0 saturated heterocycles. The zero-order valence-electron chi connectivity index (χ0n) is 8.78. The summed E-state index contributed by atoms with van der Waals surface area (Å²) in [5.74, 6) is -1.15. The van der Waals surface area contributed by atoms with Crippen LogP contribution in [0.1, 0.15) is 27.2 Å². The van der Waals surface area contributed by atoms with E-state index in [0.29, 0.717) is 12.3 Å². The van der Waals surface area contributed by atoms with Gasteiger partial charge in [-0.1, -0.05) is 13.8 Å². The highest BCUT2D eigenvalue weighted by Crippen LogP contribution is 2.02. The first-order valence-electron chi connectivity index (χ1n) is 4.63. The largest absolute Gasteiger partial charge is 0.480 e. The van der Waals surface area contributed by atoms with Gasteiger partial charge in [-0.2, -0.15) is 0 Å². The molecule has 82 valence electrons. The minimum Gasteiger partial charge on any atom is -0.480 e. The van der Waals surface area contributed by atoms with Crippen molar-refractivity contribution >= 4 is 11.9 Å². The van der Waals surface area contributed by atoms with Gasteiger partial charge in [0.2, 0.25) is 5.91 Å². The van der Waals surface area contributed by atoms with Crippen molar-refractivity contribution in [3.05, 3.63) is 0 Å². The van der Waals surface area contributed by atoms with Gasteiger partial charge in [-0.05, 0) is 19.3 Å². The lowest BCUT2D eigenvalue weighted by molar-refractivity contribution is -0.141. The number of rotatable bonds is 5. The zero-order chi connectivity index (χ0) is 11.3. The monoisotopic (exact) mass is 202 g/mol. The van der Waals surface area contributed by atoms with Crippen molar-refractivity contribution in [1.82, 2.24) is 5.32 Å². The number of hydrogen-bond donors (Lipinski definition) is 3. The molecule has 0 spiro atoms. The summed E-state index contributed by atoms with van der Waals surface area (Å²) in [6, 6.07) is -1.52.